The molecular formula is C15H18F3NO4. The highest BCUT2D eigenvalue weighted by atomic mass is 19.4. The minimum absolute atomic E-state index is 0.0327. The van der Waals surface area contributed by atoms with Gasteiger partial charge in [-0.05, 0) is 24.5 Å². The maximum atomic E-state index is 12.3. The van der Waals surface area contributed by atoms with Crippen molar-refractivity contribution in [3.63, 3.8) is 0 Å². The SMILES string of the molecule is CCCN(CC(=O)O)C(=O)CCc1ccccc1OC(F)(F)F. The summed E-state index contributed by atoms with van der Waals surface area (Å²) in [5.74, 6) is -1.91. The van der Waals surface area contributed by atoms with Crippen LogP contribution in [0.25, 0.3) is 0 Å². The molecule has 1 amide bonds. The van der Waals surface area contributed by atoms with E-state index in [0.29, 0.717) is 6.42 Å². The number of para-hydroxylation sites is 1. The van der Waals surface area contributed by atoms with E-state index in [1.54, 1.807) is 13.0 Å². The first-order valence-electron chi connectivity index (χ1n) is 7.06. The molecule has 23 heavy (non-hydrogen) atoms. The van der Waals surface area contributed by atoms with E-state index < -0.39 is 24.8 Å². The summed E-state index contributed by atoms with van der Waals surface area (Å²) in [5.41, 5.74) is 0.241. The summed E-state index contributed by atoms with van der Waals surface area (Å²) in [7, 11) is 0. The van der Waals surface area contributed by atoms with Crippen molar-refractivity contribution in [3.05, 3.63) is 29.8 Å². The number of hydrogen-bond acceptors (Lipinski definition) is 3. The van der Waals surface area contributed by atoms with Crippen molar-refractivity contribution in [1.82, 2.24) is 4.90 Å². The number of nitrogens with zero attached hydrogens (tertiary/aromatic N) is 1. The Kier molecular flexibility index (Phi) is 6.87. The standard InChI is InChI=1S/C15H18F3NO4/c1-2-9-19(10-14(21)22)13(20)8-7-11-5-3-4-6-12(11)23-15(16,17)18/h3-6H,2,7-10H2,1H3,(H,21,22). The van der Waals surface area contributed by atoms with Crippen molar-refractivity contribution in [3.8, 4) is 5.75 Å². The normalized spacial score (nSPS) is 11.1. The van der Waals surface area contributed by atoms with Crippen LogP contribution in [0.5, 0.6) is 5.75 Å². The molecule has 1 aromatic rings. The van der Waals surface area contributed by atoms with E-state index in [0.717, 1.165) is 0 Å². The number of carbonyl (C=O) groups excluding carboxylic acids is 1. The second kappa shape index (κ2) is 8.40. The van der Waals surface area contributed by atoms with Crippen molar-refractivity contribution in [1.29, 1.82) is 0 Å². The summed E-state index contributed by atoms with van der Waals surface area (Å²) in [6.07, 6.45) is -4.28. The molecule has 128 valence electrons. The van der Waals surface area contributed by atoms with Gasteiger partial charge in [-0.1, -0.05) is 25.1 Å². The number of carbonyl (C=O) groups is 2. The minimum Gasteiger partial charge on any atom is -0.480 e. The molecule has 8 heteroatoms. The Morgan fingerprint density at radius 3 is 2.48 bits per heavy atom. The molecule has 0 aliphatic carbocycles. The van der Waals surface area contributed by atoms with Crippen molar-refractivity contribution in [2.75, 3.05) is 13.1 Å². The number of carboxylic acids is 1. The van der Waals surface area contributed by atoms with Crippen LogP contribution in [0, 0.1) is 0 Å². The molecular weight excluding hydrogens is 315 g/mol. The molecule has 0 spiro atoms. The molecule has 0 saturated carbocycles. The predicted octanol–water partition coefficient (Wildman–Crippen LogP) is 2.84. The second-order valence-corrected chi connectivity index (χ2v) is 4.86. The fourth-order valence-corrected chi connectivity index (χ4v) is 2.06. The molecule has 0 aliphatic rings. The zero-order valence-electron chi connectivity index (χ0n) is 12.6. The molecule has 0 aliphatic heterocycles. The van der Waals surface area contributed by atoms with Crippen molar-refractivity contribution in [2.24, 2.45) is 0 Å². The third-order valence-corrected chi connectivity index (χ3v) is 2.98. The number of ether oxygens (including phenoxy) is 1. The van der Waals surface area contributed by atoms with Crippen LogP contribution in [-0.4, -0.2) is 41.3 Å². The summed E-state index contributed by atoms with van der Waals surface area (Å²) >= 11 is 0. The van der Waals surface area contributed by atoms with Gasteiger partial charge in [-0.15, -0.1) is 13.2 Å². The van der Waals surface area contributed by atoms with Crippen molar-refractivity contribution >= 4 is 11.9 Å². The maximum absolute atomic E-state index is 12.3. The quantitative estimate of drug-likeness (QED) is 0.794. The largest absolute Gasteiger partial charge is 0.573 e. The number of benzene rings is 1. The third-order valence-electron chi connectivity index (χ3n) is 2.98. The lowest BCUT2D eigenvalue weighted by molar-refractivity contribution is -0.274. The minimum atomic E-state index is -4.81. The lowest BCUT2D eigenvalue weighted by atomic mass is 10.1. The highest BCUT2D eigenvalue weighted by molar-refractivity contribution is 5.81. The van der Waals surface area contributed by atoms with Crippen LogP contribution in [0.2, 0.25) is 0 Å². The van der Waals surface area contributed by atoms with E-state index >= 15 is 0 Å². The Hall–Kier alpha value is -2.25. The molecule has 0 radical (unpaired) electrons. The van der Waals surface area contributed by atoms with E-state index in [4.69, 9.17) is 5.11 Å². The predicted molar refractivity (Wildman–Crippen MR) is 76.0 cm³/mol. The van der Waals surface area contributed by atoms with E-state index in [1.807, 2.05) is 0 Å². The second-order valence-electron chi connectivity index (χ2n) is 4.86. The Morgan fingerprint density at radius 2 is 1.91 bits per heavy atom. The molecule has 5 nitrogen and oxygen atoms in total. The monoisotopic (exact) mass is 333 g/mol. The number of amides is 1. The summed E-state index contributed by atoms with van der Waals surface area (Å²) in [4.78, 5) is 23.9. The highest BCUT2D eigenvalue weighted by Crippen LogP contribution is 2.27. The van der Waals surface area contributed by atoms with E-state index in [1.165, 1.54) is 23.1 Å². The first-order chi connectivity index (χ1) is 10.7. The molecule has 0 heterocycles. The average molecular weight is 333 g/mol. The first kappa shape index (κ1) is 18.8. The lowest BCUT2D eigenvalue weighted by Gasteiger charge is -2.20. The van der Waals surface area contributed by atoms with Gasteiger partial charge in [-0.2, -0.15) is 0 Å². The van der Waals surface area contributed by atoms with E-state index in [2.05, 4.69) is 4.74 Å². The Balaban J connectivity index is 2.73. The number of aliphatic carboxylic acids is 1. The summed E-state index contributed by atoms with van der Waals surface area (Å²) in [5, 5.41) is 8.78. The van der Waals surface area contributed by atoms with Gasteiger partial charge < -0.3 is 14.7 Å². The van der Waals surface area contributed by atoms with Gasteiger partial charge in [0, 0.05) is 13.0 Å². The third kappa shape index (κ3) is 7.03. The summed E-state index contributed by atoms with van der Waals surface area (Å²) < 4.78 is 40.9. The van der Waals surface area contributed by atoms with Crippen LogP contribution in [0.1, 0.15) is 25.3 Å². The Labute approximate surface area is 131 Å². The first-order valence-corrected chi connectivity index (χ1v) is 7.06. The van der Waals surface area contributed by atoms with E-state index in [-0.39, 0.29) is 30.7 Å². The van der Waals surface area contributed by atoms with E-state index in [9.17, 15) is 22.8 Å². The van der Waals surface area contributed by atoms with Crippen LogP contribution in [0.15, 0.2) is 24.3 Å². The molecule has 1 N–H and O–H groups in total. The smallest absolute Gasteiger partial charge is 0.480 e. The van der Waals surface area contributed by atoms with Crippen LogP contribution in [0.3, 0.4) is 0 Å². The topological polar surface area (TPSA) is 66.8 Å². The molecule has 0 atom stereocenters. The van der Waals surface area contributed by atoms with Crippen molar-refractivity contribution < 1.29 is 32.6 Å². The highest BCUT2D eigenvalue weighted by Gasteiger charge is 2.32. The molecule has 0 bridgehead atoms. The van der Waals surface area contributed by atoms with Crippen LogP contribution in [-0.2, 0) is 16.0 Å². The summed E-state index contributed by atoms with van der Waals surface area (Å²) in [6.45, 7) is 1.66. The Morgan fingerprint density at radius 1 is 1.26 bits per heavy atom. The van der Waals surface area contributed by atoms with Gasteiger partial charge in [0.25, 0.3) is 0 Å². The Bertz CT molecular complexity index is 546. The van der Waals surface area contributed by atoms with Gasteiger partial charge in [0.1, 0.15) is 12.3 Å². The number of aryl methyl sites for hydroxylation is 1. The van der Waals surface area contributed by atoms with Gasteiger partial charge in [0.05, 0.1) is 0 Å². The number of hydrogen-bond donors (Lipinski definition) is 1. The zero-order chi connectivity index (χ0) is 17.5. The van der Waals surface area contributed by atoms with Gasteiger partial charge in [-0.3, -0.25) is 9.59 Å². The fourth-order valence-electron chi connectivity index (χ4n) is 2.06. The fraction of sp³-hybridized carbons (Fsp3) is 0.467. The van der Waals surface area contributed by atoms with Crippen LogP contribution >= 0.6 is 0 Å². The molecule has 0 unspecified atom stereocenters. The van der Waals surface area contributed by atoms with Crippen LogP contribution in [0.4, 0.5) is 13.2 Å². The van der Waals surface area contributed by atoms with Crippen molar-refractivity contribution in [2.45, 2.75) is 32.5 Å². The molecule has 1 aromatic carbocycles. The summed E-state index contributed by atoms with van der Waals surface area (Å²) in [6, 6.07) is 5.56. The molecule has 1 rings (SSSR count). The molecule has 0 fully saturated rings. The van der Waals surface area contributed by atoms with Gasteiger partial charge in [-0.25, -0.2) is 0 Å². The maximum Gasteiger partial charge on any atom is 0.573 e. The van der Waals surface area contributed by atoms with Gasteiger partial charge in [0.2, 0.25) is 5.91 Å². The number of halogens is 3. The zero-order valence-corrected chi connectivity index (χ0v) is 12.6. The molecule has 0 saturated heterocycles. The lowest BCUT2D eigenvalue weighted by Crippen LogP contribution is -2.36. The number of rotatable bonds is 8. The molecule has 0 aromatic heterocycles. The number of carboxylic acid groups (broad SMARTS) is 1. The average Bonchev–Trinajstić information content (AvgIpc) is 2.43. The van der Waals surface area contributed by atoms with Gasteiger partial charge in [0.15, 0.2) is 0 Å². The number of alkyl halides is 3. The van der Waals surface area contributed by atoms with Crippen LogP contribution < -0.4 is 4.74 Å². The van der Waals surface area contributed by atoms with Gasteiger partial charge >= 0.3 is 12.3 Å².